The fraction of sp³-hybridized carbons (Fsp3) is 0.333. The predicted octanol–water partition coefficient (Wildman–Crippen LogP) is 0.218. The zero-order valence-electron chi connectivity index (χ0n) is 16.2. The Balaban J connectivity index is 1.50. The van der Waals surface area contributed by atoms with Crippen molar-refractivity contribution in [1.82, 2.24) is 10.2 Å². The van der Waals surface area contributed by atoms with Crippen molar-refractivity contribution >= 4 is 17.5 Å². The average Bonchev–Trinajstić information content (AvgIpc) is 2.77. The van der Waals surface area contributed by atoms with Crippen LogP contribution in [-0.4, -0.2) is 70.4 Å². The van der Waals surface area contributed by atoms with Crippen molar-refractivity contribution in [3.05, 3.63) is 59.9 Å². The molecule has 1 aliphatic rings. The Hall–Kier alpha value is -3.17. The van der Waals surface area contributed by atoms with E-state index in [-0.39, 0.29) is 31.2 Å². The SMILES string of the molecule is O=C(NCc1ccc(O)cc1)[C@H](O)[C@@H](O)C(=O)N1CCN(c2ccccc2F)CC1. The topological polar surface area (TPSA) is 113 Å². The van der Waals surface area contributed by atoms with Gasteiger partial charge >= 0.3 is 0 Å². The minimum absolute atomic E-state index is 0.0679. The number of benzene rings is 2. The molecule has 2 amide bonds. The van der Waals surface area contributed by atoms with Gasteiger partial charge in [0.15, 0.2) is 12.2 Å². The Morgan fingerprint density at radius 2 is 1.60 bits per heavy atom. The number of hydrogen-bond acceptors (Lipinski definition) is 6. The fourth-order valence-electron chi connectivity index (χ4n) is 3.25. The van der Waals surface area contributed by atoms with Gasteiger partial charge in [0.05, 0.1) is 5.69 Å². The highest BCUT2D eigenvalue weighted by molar-refractivity contribution is 5.90. The van der Waals surface area contributed by atoms with Crippen molar-refractivity contribution < 1.29 is 29.3 Å². The van der Waals surface area contributed by atoms with Crippen molar-refractivity contribution in [2.45, 2.75) is 18.8 Å². The number of aromatic hydroxyl groups is 1. The number of nitrogens with zero attached hydrogens (tertiary/aromatic N) is 2. The molecule has 9 heteroatoms. The number of phenols is 1. The van der Waals surface area contributed by atoms with Crippen LogP contribution in [0.25, 0.3) is 0 Å². The van der Waals surface area contributed by atoms with Gasteiger partial charge in [-0.05, 0) is 29.8 Å². The summed E-state index contributed by atoms with van der Waals surface area (Å²) in [6.07, 6.45) is -3.82. The van der Waals surface area contributed by atoms with Gasteiger partial charge < -0.3 is 30.4 Å². The summed E-state index contributed by atoms with van der Waals surface area (Å²) < 4.78 is 13.9. The fourth-order valence-corrected chi connectivity index (χ4v) is 3.25. The van der Waals surface area contributed by atoms with Crippen LogP contribution in [0.1, 0.15) is 5.56 Å². The average molecular weight is 417 g/mol. The Bertz CT molecular complexity index is 884. The van der Waals surface area contributed by atoms with E-state index in [0.717, 1.165) is 0 Å². The molecule has 8 nitrogen and oxygen atoms in total. The number of para-hydroxylation sites is 1. The molecule has 2 aromatic rings. The molecule has 1 aliphatic heterocycles. The van der Waals surface area contributed by atoms with Gasteiger partial charge in [-0.15, -0.1) is 0 Å². The van der Waals surface area contributed by atoms with Crippen molar-refractivity contribution in [2.24, 2.45) is 0 Å². The zero-order valence-corrected chi connectivity index (χ0v) is 16.2. The van der Waals surface area contributed by atoms with E-state index in [0.29, 0.717) is 24.3 Å². The number of aliphatic hydroxyl groups excluding tert-OH is 2. The number of carbonyl (C=O) groups is 2. The second-order valence-electron chi connectivity index (χ2n) is 7.04. The summed E-state index contributed by atoms with van der Waals surface area (Å²) >= 11 is 0. The lowest BCUT2D eigenvalue weighted by atomic mass is 10.1. The molecule has 4 N–H and O–H groups in total. The first-order valence-corrected chi connectivity index (χ1v) is 9.57. The third-order valence-electron chi connectivity index (χ3n) is 5.01. The maximum atomic E-state index is 13.9. The second kappa shape index (κ2) is 9.55. The van der Waals surface area contributed by atoms with Crippen LogP contribution in [-0.2, 0) is 16.1 Å². The molecular weight excluding hydrogens is 393 g/mol. The molecule has 0 radical (unpaired) electrons. The molecule has 0 unspecified atom stereocenters. The quantitative estimate of drug-likeness (QED) is 0.535. The summed E-state index contributed by atoms with van der Waals surface area (Å²) in [4.78, 5) is 27.7. The number of rotatable bonds is 6. The van der Waals surface area contributed by atoms with Crippen molar-refractivity contribution in [1.29, 1.82) is 0 Å². The van der Waals surface area contributed by atoms with Crippen LogP contribution < -0.4 is 10.2 Å². The first kappa shape index (κ1) is 21.5. The molecule has 2 aromatic carbocycles. The summed E-state index contributed by atoms with van der Waals surface area (Å²) in [6.45, 7) is 1.25. The third-order valence-corrected chi connectivity index (χ3v) is 5.01. The van der Waals surface area contributed by atoms with Crippen LogP contribution in [0, 0.1) is 5.82 Å². The van der Waals surface area contributed by atoms with Crippen LogP contribution in [0.5, 0.6) is 5.75 Å². The van der Waals surface area contributed by atoms with Gasteiger partial charge in [0.1, 0.15) is 11.6 Å². The Morgan fingerprint density at radius 1 is 0.967 bits per heavy atom. The van der Waals surface area contributed by atoms with E-state index in [4.69, 9.17) is 0 Å². The monoisotopic (exact) mass is 417 g/mol. The highest BCUT2D eigenvalue weighted by atomic mass is 19.1. The van der Waals surface area contributed by atoms with E-state index < -0.39 is 24.0 Å². The van der Waals surface area contributed by atoms with Gasteiger partial charge in [0.2, 0.25) is 0 Å². The number of aliphatic hydroxyl groups is 2. The number of hydrogen-bond donors (Lipinski definition) is 4. The highest BCUT2D eigenvalue weighted by Gasteiger charge is 2.34. The van der Waals surface area contributed by atoms with Crippen molar-refractivity contribution in [3.8, 4) is 5.75 Å². The smallest absolute Gasteiger partial charge is 0.254 e. The lowest BCUT2D eigenvalue weighted by Crippen LogP contribution is -2.55. The summed E-state index contributed by atoms with van der Waals surface area (Å²) in [7, 11) is 0. The van der Waals surface area contributed by atoms with E-state index in [1.165, 1.54) is 23.1 Å². The molecule has 0 bridgehead atoms. The molecular formula is C21H24FN3O5. The molecule has 30 heavy (non-hydrogen) atoms. The van der Waals surface area contributed by atoms with Gasteiger partial charge in [0.25, 0.3) is 11.8 Å². The minimum Gasteiger partial charge on any atom is -0.508 e. The van der Waals surface area contributed by atoms with Crippen molar-refractivity contribution in [3.63, 3.8) is 0 Å². The number of piperazine rings is 1. The largest absolute Gasteiger partial charge is 0.508 e. The van der Waals surface area contributed by atoms with Gasteiger partial charge in [-0.1, -0.05) is 24.3 Å². The molecule has 1 heterocycles. The normalized spacial score (nSPS) is 16.1. The van der Waals surface area contributed by atoms with E-state index in [1.54, 1.807) is 35.2 Å². The zero-order chi connectivity index (χ0) is 21.7. The van der Waals surface area contributed by atoms with E-state index in [9.17, 15) is 29.3 Å². The van der Waals surface area contributed by atoms with Crippen LogP contribution in [0.2, 0.25) is 0 Å². The number of nitrogens with one attached hydrogen (secondary N) is 1. The number of amides is 2. The molecule has 0 aliphatic carbocycles. The van der Waals surface area contributed by atoms with Gasteiger partial charge in [-0.3, -0.25) is 9.59 Å². The van der Waals surface area contributed by atoms with E-state index >= 15 is 0 Å². The van der Waals surface area contributed by atoms with Gasteiger partial charge in [-0.25, -0.2) is 4.39 Å². The molecule has 3 rings (SSSR count). The molecule has 0 spiro atoms. The molecule has 0 aromatic heterocycles. The molecule has 0 saturated carbocycles. The second-order valence-corrected chi connectivity index (χ2v) is 7.04. The molecule has 160 valence electrons. The number of carbonyl (C=O) groups excluding carboxylic acids is 2. The first-order valence-electron chi connectivity index (χ1n) is 9.57. The maximum Gasteiger partial charge on any atom is 0.254 e. The van der Waals surface area contributed by atoms with Crippen molar-refractivity contribution in [2.75, 3.05) is 31.1 Å². The van der Waals surface area contributed by atoms with Crippen LogP contribution in [0.4, 0.5) is 10.1 Å². The number of anilines is 1. The van der Waals surface area contributed by atoms with Crippen LogP contribution in [0.3, 0.4) is 0 Å². The lowest BCUT2D eigenvalue weighted by molar-refractivity contribution is -0.153. The van der Waals surface area contributed by atoms with Crippen LogP contribution in [0.15, 0.2) is 48.5 Å². The first-order chi connectivity index (χ1) is 14.4. The number of halogens is 1. The van der Waals surface area contributed by atoms with Gasteiger partial charge in [0, 0.05) is 32.7 Å². The minimum atomic E-state index is -1.92. The Morgan fingerprint density at radius 3 is 2.23 bits per heavy atom. The summed E-state index contributed by atoms with van der Waals surface area (Å²) in [5.74, 6) is -1.90. The predicted molar refractivity (Wildman–Crippen MR) is 107 cm³/mol. The van der Waals surface area contributed by atoms with Gasteiger partial charge in [-0.2, -0.15) is 0 Å². The van der Waals surface area contributed by atoms with Crippen LogP contribution >= 0.6 is 0 Å². The van der Waals surface area contributed by atoms with E-state index in [2.05, 4.69) is 5.32 Å². The molecule has 2 atom stereocenters. The number of phenolic OH excluding ortho intramolecular Hbond substituents is 1. The summed E-state index contributed by atoms with van der Waals surface area (Å²) in [5, 5.41) is 31.9. The standard InChI is InChI=1S/C21H24FN3O5/c22-16-3-1-2-4-17(16)24-9-11-25(12-10-24)21(30)19(28)18(27)20(29)23-13-14-5-7-15(26)8-6-14/h1-8,18-19,26-28H,9-13H2,(H,23,29)/t18-,19-/m1/s1. The highest BCUT2D eigenvalue weighted by Crippen LogP contribution is 2.20. The Labute approximate surface area is 173 Å². The summed E-state index contributed by atoms with van der Waals surface area (Å²) in [6, 6.07) is 12.5. The summed E-state index contributed by atoms with van der Waals surface area (Å²) in [5.41, 5.74) is 1.12. The molecule has 1 fully saturated rings. The molecule has 1 saturated heterocycles. The lowest BCUT2D eigenvalue weighted by Gasteiger charge is -2.37. The van der Waals surface area contributed by atoms with E-state index in [1.807, 2.05) is 0 Å². The third kappa shape index (κ3) is 5.05. The maximum absolute atomic E-state index is 13.9. The Kier molecular flexibility index (Phi) is 6.86.